The molecule has 0 saturated heterocycles. The average molecular weight is 268 g/mol. The standard InChI is InChI=1S/C15H16N4O/c1-2-5-10(4-1)8-14-17-15(20-19-14)11-6-3-7-13-12(11)9-16-18-13/h3,6-7,9-10H,1-2,4-5,8H2,(H,16,18). The second-order valence-electron chi connectivity index (χ2n) is 5.51. The van der Waals surface area contributed by atoms with E-state index in [1.54, 1.807) is 6.20 Å². The maximum atomic E-state index is 5.44. The number of rotatable bonds is 3. The monoisotopic (exact) mass is 268 g/mol. The summed E-state index contributed by atoms with van der Waals surface area (Å²) in [4.78, 5) is 4.55. The van der Waals surface area contributed by atoms with E-state index < -0.39 is 0 Å². The number of aromatic nitrogens is 4. The predicted molar refractivity (Wildman–Crippen MR) is 75.0 cm³/mol. The van der Waals surface area contributed by atoms with E-state index in [1.807, 2.05) is 18.2 Å². The first kappa shape index (κ1) is 11.6. The summed E-state index contributed by atoms with van der Waals surface area (Å²) in [5.74, 6) is 2.14. The highest BCUT2D eigenvalue weighted by Crippen LogP contribution is 2.29. The number of aromatic amines is 1. The minimum Gasteiger partial charge on any atom is -0.334 e. The van der Waals surface area contributed by atoms with Crippen LogP contribution in [-0.2, 0) is 6.42 Å². The van der Waals surface area contributed by atoms with Crippen LogP contribution in [0.2, 0.25) is 0 Å². The molecule has 0 bridgehead atoms. The van der Waals surface area contributed by atoms with Crippen LogP contribution in [0.25, 0.3) is 22.4 Å². The molecule has 1 aromatic carbocycles. The fraction of sp³-hybridized carbons (Fsp3) is 0.400. The Labute approximate surface area is 116 Å². The molecule has 102 valence electrons. The summed E-state index contributed by atoms with van der Waals surface area (Å²) in [6.07, 6.45) is 7.99. The fourth-order valence-electron chi connectivity index (χ4n) is 3.07. The van der Waals surface area contributed by atoms with Crippen molar-refractivity contribution in [3.8, 4) is 11.5 Å². The van der Waals surface area contributed by atoms with Crippen molar-refractivity contribution in [3.05, 3.63) is 30.2 Å². The second kappa shape index (κ2) is 4.74. The Balaban J connectivity index is 1.65. The minimum absolute atomic E-state index is 0.588. The third kappa shape index (κ3) is 1.99. The molecule has 2 aromatic heterocycles. The fourth-order valence-corrected chi connectivity index (χ4v) is 3.07. The van der Waals surface area contributed by atoms with Crippen molar-refractivity contribution in [1.82, 2.24) is 20.3 Å². The normalized spacial score (nSPS) is 16.2. The van der Waals surface area contributed by atoms with E-state index in [0.717, 1.165) is 34.6 Å². The van der Waals surface area contributed by atoms with E-state index in [4.69, 9.17) is 4.52 Å². The summed E-state index contributed by atoms with van der Waals surface area (Å²) in [6, 6.07) is 5.95. The Bertz CT molecular complexity index is 724. The number of benzene rings is 1. The summed E-state index contributed by atoms with van der Waals surface area (Å²) < 4.78 is 5.44. The molecule has 5 nitrogen and oxygen atoms in total. The molecular formula is C15H16N4O. The van der Waals surface area contributed by atoms with Gasteiger partial charge in [0.2, 0.25) is 0 Å². The van der Waals surface area contributed by atoms with Crippen molar-refractivity contribution in [2.45, 2.75) is 32.1 Å². The molecule has 1 N–H and O–H groups in total. The van der Waals surface area contributed by atoms with Gasteiger partial charge in [0.05, 0.1) is 17.3 Å². The van der Waals surface area contributed by atoms with Crippen molar-refractivity contribution < 1.29 is 4.52 Å². The smallest absolute Gasteiger partial charge is 0.258 e. The zero-order valence-corrected chi connectivity index (χ0v) is 11.2. The van der Waals surface area contributed by atoms with Crippen LogP contribution < -0.4 is 0 Å². The molecule has 0 spiro atoms. The zero-order chi connectivity index (χ0) is 13.4. The Hall–Kier alpha value is -2.17. The molecule has 2 heterocycles. The molecule has 0 radical (unpaired) electrons. The third-order valence-electron chi connectivity index (χ3n) is 4.13. The van der Waals surface area contributed by atoms with Crippen molar-refractivity contribution in [2.24, 2.45) is 5.92 Å². The van der Waals surface area contributed by atoms with Gasteiger partial charge in [0.1, 0.15) is 0 Å². The summed E-state index contributed by atoms with van der Waals surface area (Å²) in [6.45, 7) is 0. The maximum Gasteiger partial charge on any atom is 0.258 e. The van der Waals surface area contributed by atoms with Gasteiger partial charge in [-0.05, 0) is 18.1 Å². The molecular weight excluding hydrogens is 252 g/mol. The molecule has 20 heavy (non-hydrogen) atoms. The number of nitrogens with one attached hydrogen (secondary N) is 1. The first-order chi connectivity index (χ1) is 9.90. The summed E-state index contributed by atoms with van der Waals surface area (Å²) in [5.41, 5.74) is 1.93. The van der Waals surface area contributed by atoms with Gasteiger partial charge in [-0.1, -0.05) is 36.9 Å². The molecule has 0 amide bonds. The summed E-state index contributed by atoms with van der Waals surface area (Å²) in [5, 5.41) is 12.2. The first-order valence-corrected chi connectivity index (χ1v) is 7.15. The van der Waals surface area contributed by atoms with E-state index in [9.17, 15) is 0 Å². The molecule has 1 aliphatic carbocycles. The number of hydrogen-bond donors (Lipinski definition) is 1. The van der Waals surface area contributed by atoms with Crippen molar-refractivity contribution >= 4 is 10.9 Å². The molecule has 3 aromatic rings. The molecule has 1 fully saturated rings. The van der Waals surface area contributed by atoms with Crippen LogP contribution in [0.5, 0.6) is 0 Å². The van der Waals surface area contributed by atoms with Crippen molar-refractivity contribution in [3.63, 3.8) is 0 Å². The SMILES string of the molecule is c1cc(-c2nc(CC3CCCC3)no2)c2cn[nH]c2c1. The molecule has 0 atom stereocenters. The molecule has 4 rings (SSSR count). The van der Waals surface area contributed by atoms with Crippen LogP contribution in [0.3, 0.4) is 0 Å². The van der Waals surface area contributed by atoms with Gasteiger partial charge in [-0.3, -0.25) is 5.10 Å². The number of nitrogens with zero attached hydrogens (tertiary/aromatic N) is 3. The van der Waals surface area contributed by atoms with Crippen LogP contribution in [0.4, 0.5) is 0 Å². The quantitative estimate of drug-likeness (QED) is 0.791. The molecule has 5 heteroatoms. The Morgan fingerprint density at radius 3 is 3.05 bits per heavy atom. The van der Waals surface area contributed by atoms with Crippen LogP contribution in [-0.4, -0.2) is 20.3 Å². The van der Waals surface area contributed by atoms with Gasteiger partial charge in [0.25, 0.3) is 5.89 Å². The van der Waals surface area contributed by atoms with Gasteiger partial charge >= 0.3 is 0 Å². The van der Waals surface area contributed by atoms with Crippen LogP contribution >= 0.6 is 0 Å². The Morgan fingerprint density at radius 1 is 1.25 bits per heavy atom. The lowest BCUT2D eigenvalue weighted by atomic mass is 10.0. The molecule has 1 aliphatic rings. The summed E-state index contributed by atoms with van der Waals surface area (Å²) in [7, 11) is 0. The number of fused-ring (bicyclic) bond motifs is 1. The van der Waals surface area contributed by atoms with Gasteiger partial charge < -0.3 is 4.52 Å². The van der Waals surface area contributed by atoms with E-state index in [0.29, 0.717) is 5.89 Å². The second-order valence-corrected chi connectivity index (χ2v) is 5.51. The van der Waals surface area contributed by atoms with Crippen LogP contribution in [0.1, 0.15) is 31.5 Å². The average Bonchev–Trinajstić information content (AvgIpc) is 3.19. The maximum absolute atomic E-state index is 5.44. The lowest BCUT2D eigenvalue weighted by molar-refractivity contribution is 0.413. The lowest BCUT2D eigenvalue weighted by Gasteiger charge is -2.02. The summed E-state index contributed by atoms with van der Waals surface area (Å²) >= 11 is 0. The minimum atomic E-state index is 0.588. The Morgan fingerprint density at radius 2 is 2.15 bits per heavy atom. The largest absolute Gasteiger partial charge is 0.334 e. The predicted octanol–water partition coefficient (Wildman–Crippen LogP) is 3.35. The van der Waals surface area contributed by atoms with Gasteiger partial charge in [-0.2, -0.15) is 10.1 Å². The number of hydrogen-bond acceptors (Lipinski definition) is 4. The van der Waals surface area contributed by atoms with Crippen molar-refractivity contribution in [1.29, 1.82) is 0 Å². The van der Waals surface area contributed by atoms with Gasteiger partial charge in [0.15, 0.2) is 5.82 Å². The van der Waals surface area contributed by atoms with E-state index in [2.05, 4.69) is 20.3 Å². The van der Waals surface area contributed by atoms with E-state index >= 15 is 0 Å². The highest BCUT2D eigenvalue weighted by atomic mass is 16.5. The highest BCUT2D eigenvalue weighted by Gasteiger charge is 2.19. The van der Waals surface area contributed by atoms with E-state index in [1.165, 1.54) is 25.7 Å². The van der Waals surface area contributed by atoms with Gasteiger partial charge in [0, 0.05) is 11.8 Å². The first-order valence-electron chi connectivity index (χ1n) is 7.15. The molecule has 0 unspecified atom stereocenters. The topological polar surface area (TPSA) is 67.6 Å². The molecule has 1 saturated carbocycles. The van der Waals surface area contributed by atoms with Crippen LogP contribution in [0.15, 0.2) is 28.9 Å². The van der Waals surface area contributed by atoms with Crippen molar-refractivity contribution in [2.75, 3.05) is 0 Å². The highest BCUT2D eigenvalue weighted by molar-refractivity contribution is 5.91. The third-order valence-corrected chi connectivity index (χ3v) is 4.13. The zero-order valence-electron chi connectivity index (χ0n) is 11.2. The Kier molecular flexibility index (Phi) is 2.76. The lowest BCUT2D eigenvalue weighted by Crippen LogP contribution is -2.00. The number of H-pyrrole nitrogens is 1. The van der Waals surface area contributed by atoms with Gasteiger partial charge in [-0.25, -0.2) is 0 Å². The van der Waals surface area contributed by atoms with Crippen LogP contribution in [0, 0.1) is 5.92 Å². The van der Waals surface area contributed by atoms with E-state index in [-0.39, 0.29) is 0 Å². The van der Waals surface area contributed by atoms with Gasteiger partial charge in [-0.15, -0.1) is 0 Å². The molecule has 0 aliphatic heterocycles.